The number of nitrogens with zero attached hydrogens (tertiary/aromatic N) is 1. The van der Waals surface area contributed by atoms with Gasteiger partial charge in [-0.15, -0.1) is 0 Å². The molecule has 2 unspecified atom stereocenters. The van der Waals surface area contributed by atoms with E-state index in [0.29, 0.717) is 12.0 Å². The first kappa shape index (κ1) is 12.5. The van der Waals surface area contributed by atoms with Crippen molar-refractivity contribution < 1.29 is 4.39 Å². The zero-order valence-electron chi connectivity index (χ0n) is 10.6. The average Bonchev–Trinajstić information content (AvgIpc) is 2.39. The highest BCUT2D eigenvalue weighted by Gasteiger charge is 2.26. The van der Waals surface area contributed by atoms with Gasteiger partial charge >= 0.3 is 0 Å². The predicted molar refractivity (Wildman–Crippen MR) is 68.7 cm³/mol. The van der Waals surface area contributed by atoms with Crippen molar-refractivity contribution in [3.63, 3.8) is 0 Å². The average molecular weight is 236 g/mol. The molecule has 1 fully saturated rings. The number of rotatable bonds is 3. The molecule has 2 nitrogen and oxygen atoms in total. The van der Waals surface area contributed by atoms with Gasteiger partial charge in [0.25, 0.3) is 0 Å². The Labute approximate surface area is 103 Å². The lowest BCUT2D eigenvalue weighted by Gasteiger charge is -2.37. The second-order valence-electron chi connectivity index (χ2n) is 4.82. The van der Waals surface area contributed by atoms with Gasteiger partial charge in [0.2, 0.25) is 0 Å². The second-order valence-corrected chi connectivity index (χ2v) is 4.82. The molecule has 1 aromatic rings. The van der Waals surface area contributed by atoms with Gasteiger partial charge in [0, 0.05) is 19.1 Å². The van der Waals surface area contributed by atoms with E-state index in [9.17, 15) is 4.39 Å². The van der Waals surface area contributed by atoms with E-state index in [4.69, 9.17) is 0 Å². The van der Waals surface area contributed by atoms with E-state index in [1.807, 2.05) is 19.2 Å². The highest BCUT2D eigenvalue weighted by atomic mass is 19.1. The first-order valence-electron chi connectivity index (χ1n) is 6.38. The molecular weight excluding hydrogens is 215 g/mol. The smallest absolute Gasteiger partial charge is 0.123 e. The SMILES string of the molecule is CCN1CC(NC)CC(c2ccc(F)cc2)C1. The molecule has 17 heavy (non-hydrogen) atoms. The normalized spacial score (nSPS) is 26.1. The summed E-state index contributed by atoms with van der Waals surface area (Å²) < 4.78 is 12.9. The summed E-state index contributed by atoms with van der Waals surface area (Å²) in [5.41, 5.74) is 1.25. The molecule has 0 radical (unpaired) electrons. The maximum absolute atomic E-state index is 12.9. The number of halogens is 1. The van der Waals surface area contributed by atoms with E-state index in [2.05, 4.69) is 17.1 Å². The third-order valence-corrected chi connectivity index (χ3v) is 3.72. The molecule has 0 bridgehead atoms. The van der Waals surface area contributed by atoms with Crippen molar-refractivity contribution in [1.29, 1.82) is 0 Å². The number of likely N-dealkylation sites (tertiary alicyclic amines) is 1. The summed E-state index contributed by atoms with van der Waals surface area (Å²) in [6.45, 7) is 5.47. The van der Waals surface area contributed by atoms with Gasteiger partial charge in [0.1, 0.15) is 5.82 Å². The monoisotopic (exact) mass is 236 g/mol. The van der Waals surface area contributed by atoms with E-state index >= 15 is 0 Å². The molecule has 1 saturated heterocycles. The quantitative estimate of drug-likeness (QED) is 0.865. The maximum atomic E-state index is 12.9. The Morgan fingerprint density at radius 2 is 2.00 bits per heavy atom. The van der Waals surface area contributed by atoms with E-state index < -0.39 is 0 Å². The number of benzene rings is 1. The van der Waals surface area contributed by atoms with Crippen LogP contribution < -0.4 is 5.32 Å². The Morgan fingerprint density at radius 3 is 2.59 bits per heavy atom. The van der Waals surface area contributed by atoms with Gasteiger partial charge in [-0.1, -0.05) is 19.1 Å². The van der Waals surface area contributed by atoms with Crippen LogP contribution in [0.3, 0.4) is 0 Å². The van der Waals surface area contributed by atoms with Crippen LogP contribution in [0, 0.1) is 5.82 Å². The van der Waals surface area contributed by atoms with Crippen LogP contribution in [0.1, 0.15) is 24.8 Å². The van der Waals surface area contributed by atoms with Crippen molar-refractivity contribution in [3.8, 4) is 0 Å². The summed E-state index contributed by atoms with van der Waals surface area (Å²) >= 11 is 0. The van der Waals surface area contributed by atoms with Crippen LogP contribution in [0.4, 0.5) is 4.39 Å². The first-order valence-corrected chi connectivity index (χ1v) is 6.38. The standard InChI is InChI=1S/C14H21FN2/c1-3-17-9-12(8-14(10-17)16-2)11-4-6-13(15)7-5-11/h4-7,12,14,16H,3,8-10H2,1-2H3. The Kier molecular flexibility index (Phi) is 4.13. The topological polar surface area (TPSA) is 15.3 Å². The summed E-state index contributed by atoms with van der Waals surface area (Å²) in [5, 5.41) is 3.36. The summed E-state index contributed by atoms with van der Waals surface area (Å²) in [6.07, 6.45) is 1.14. The molecule has 0 amide bonds. The fourth-order valence-corrected chi connectivity index (χ4v) is 2.63. The minimum absolute atomic E-state index is 0.151. The third kappa shape index (κ3) is 3.05. The highest BCUT2D eigenvalue weighted by molar-refractivity contribution is 5.22. The molecule has 3 heteroatoms. The zero-order valence-corrected chi connectivity index (χ0v) is 10.6. The summed E-state index contributed by atoms with van der Waals surface area (Å²) in [7, 11) is 2.02. The first-order chi connectivity index (χ1) is 8.22. The molecule has 94 valence electrons. The van der Waals surface area contributed by atoms with Crippen molar-refractivity contribution in [2.75, 3.05) is 26.7 Å². The molecule has 0 aromatic heterocycles. The Hall–Kier alpha value is -0.930. The zero-order chi connectivity index (χ0) is 12.3. The van der Waals surface area contributed by atoms with Gasteiger partial charge in [0.15, 0.2) is 0 Å². The third-order valence-electron chi connectivity index (χ3n) is 3.72. The van der Waals surface area contributed by atoms with Crippen LogP contribution in [0.5, 0.6) is 0 Å². The van der Waals surface area contributed by atoms with E-state index in [1.54, 1.807) is 12.1 Å². The molecule has 1 aromatic carbocycles. The van der Waals surface area contributed by atoms with Gasteiger partial charge in [-0.2, -0.15) is 0 Å². The number of hydrogen-bond donors (Lipinski definition) is 1. The van der Waals surface area contributed by atoms with Gasteiger partial charge in [-0.25, -0.2) is 4.39 Å². The fourth-order valence-electron chi connectivity index (χ4n) is 2.63. The van der Waals surface area contributed by atoms with Crippen molar-refractivity contribution in [2.45, 2.75) is 25.3 Å². The number of likely N-dealkylation sites (N-methyl/N-ethyl adjacent to an activating group) is 2. The lowest BCUT2D eigenvalue weighted by Crippen LogP contribution is -2.47. The summed E-state index contributed by atoms with van der Waals surface area (Å²) in [6, 6.07) is 7.51. The van der Waals surface area contributed by atoms with Crippen molar-refractivity contribution in [1.82, 2.24) is 10.2 Å². The molecule has 1 aliphatic heterocycles. The Bertz CT molecular complexity index is 338. The molecule has 0 saturated carbocycles. The minimum atomic E-state index is -0.151. The molecule has 2 atom stereocenters. The van der Waals surface area contributed by atoms with Crippen LogP contribution in [0.2, 0.25) is 0 Å². The lowest BCUT2D eigenvalue weighted by atomic mass is 9.88. The fraction of sp³-hybridized carbons (Fsp3) is 0.571. The Balaban J connectivity index is 2.11. The Morgan fingerprint density at radius 1 is 1.29 bits per heavy atom. The van der Waals surface area contributed by atoms with Crippen LogP contribution in [0.25, 0.3) is 0 Å². The van der Waals surface area contributed by atoms with Gasteiger partial charge < -0.3 is 10.2 Å². The van der Waals surface area contributed by atoms with Crippen LogP contribution >= 0.6 is 0 Å². The number of piperidine rings is 1. The number of hydrogen-bond acceptors (Lipinski definition) is 2. The van der Waals surface area contributed by atoms with Gasteiger partial charge in [-0.05, 0) is 43.6 Å². The molecule has 0 aliphatic carbocycles. The largest absolute Gasteiger partial charge is 0.316 e. The van der Waals surface area contributed by atoms with Gasteiger partial charge in [0.05, 0.1) is 0 Å². The summed E-state index contributed by atoms with van der Waals surface area (Å²) in [5.74, 6) is 0.365. The van der Waals surface area contributed by atoms with Crippen LogP contribution in [-0.4, -0.2) is 37.6 Å². The van der Waals surface area contributed by atoms with E-state index in [1.165, 1.54) is 5.56 Å². The molecule has 1 N–H and O–H groups in total. The number of nitrogens with one attached hydrogen (secondary N) is 1. The van der Waals surface area contributed by atoms with E-state index in [-0.39, 0.29) is 5.82 Å². The second kappa shape index (κ2) is 5.61. The van der Waals surface area contributed by atoms with Crippen molar-refractivity contribution >= 4 is 0 Å². The molecule has 2 rings (SSSR count). The van der Waals surface area contributed by atoms with E-state index in [0.717, 1.165) is 26.1 Å². The van der Waals surface area contributed by atoms with Crippen LogP contribution in [-0.2, 0) is 0 Å². The highest BCUT2D eigenvalue weighted by Crippen LogP contribution is 2.27. The lowest BCUT2D eigenvalue weighted by molar-refractivity contribution is 0.183. The van der Waals surface area contributed by atoms with Crippen molar-refractivity contribution in [3.05, 3.63) is 35.6 Å². The molecule has 1 aliphatic rings. The predicted octanol–water partition coefficient (Wildman–Crippen LogP) is 2.22. The molecule has 0 spiro atoms. The van der Waals surface area contributed by atoms with Crippen LogP contribution in [0.15, 0.2) is 24.3 Å². The van der Waals surface area contributed by atoms with Crippen molar-refractivity contribution in [2.24, 2.45) is 0 Å². The minimum Gasteiger partial charge on any atom is -0.316 e. The maximum Gasteiger partial charge on any atom is 0.123 e. The summed E-state index contributed by atoms with van der Waals surface area (Å²) in [4.78, 5) is 2.46. The molecular formula is C14H21FN2. The van der Waals surface area contributed by atoms with Gasteiger partial charge in [-0.3, -0.25) is 0 Å². The molecule has 1 heterocycles.